The van der Waals surface area contributed by atoms with Gasteiger partial charge in [-0.25, -0.2) is 0 Å². The molecule has 0 aliphatic heterocycles. The second-order valence-corrected chi connectivity index (χ2v) is 4.69. The summed E-state index contributed by atoms with van der Waals surface area (Å²) in [6, 6.07) is 0. The Morgan fingerprint density at radius 2 is 2.18 bits per heavy atom. The van der Waals surface area contributed by atoms with Crippen LogP contribution in [0, 0.1) is 11.8 Å². The van der Waals surface area contributed by atoms with Crippen LogP contribution in [0.15, 0.2) is 11.6 Å². The van der Waals surface area contributed by atoms with Gasteiger partial charge in [0.15, 0.2) is 5.78 Å². The zero-order chi connectivity index (χ0) is 12.8. The topological polar surface area (TPSA) is 43.4 Å². The zero-order valence-electron chi connectivity index (χ0n) is 11.0. The molecule has 0 amide bonds. The Hall–Kier alpha value is -1.12. The summed E-state index contributed by atoms with van der Waals surface area (Å²) in [6.07, 6.45) is 5.16. The number of hydrogen-bond donors (Lipinski definition) is 0. The fraction of sp³-hybridized carbons (Fsp3) is 0.714. The number of ketones is 1. The monoisotopic (exact) mass is 238 g/mol. The van der Waals surface area contributed by atoms with Gasteiger partial charge in [0.2, 0.25) is 0 Å². The van der Waals surface area contributed by atoms with Crippen LogP contribution in [0.2, 0.25) is 0 Å². The molecule has 0 heterocycles. The van der Waals surface area contributed by atoms with Crippen LogP contribution in [0.3, 0.4) is 0 Å². The molecule has 0 N–H and O–H groups in total. The van der Waals surface area contributed by atoms with Crippen LogP contribution in [-0.4, -0.2) is 18.4 Å². The van der Waals surface area contributed by atoms with Crippen molar-refractivity contribution in [2.75, 3.05) is 6.61 Å². The molecule has 0 aromatic carbocycles. The normalized spacial score (nSPS) is 24.4. The molecular formula is C14H22O3. The van der Waals surface area contributed by atoms with Crippen molar-refractivity contribution in [3.8, 4) is 0 Å². The lowest BCUT2D eigenvalue weighted by molar-refractivity contribution is -0.149. The average molecular weight is 238 g/mol. The second kappa shape index (κ2) is 6.58. The number of hydrogen-bond acceptors (Lipinski definition) is 3. The summed E-state index contributed by atoms with van der Waals surface area (Å²) < 4.78 is 5.11. The van der Waals surface area contributed by atoms with Crippen LogP contribution < -0.4 is 0 Å². The molecular weight excluding hydrogens is 216 g/mol. The van der Waals surface area contributed by atoms with E-state index in [0.717, 1.165) is 24.8 Å². The van der Waals surface area contributed by atoms with Crippen molar-refractivity contribution in [2.24, 2.45) is 11.8 Å². The van der Waals surface area contributed by atoms with Crippen molar-refractivity contribution in [1.82, 2.24) is 0 Å². The fourth-order valence-electron chi connectivity index (χ4n) is 2.50. The summed E-state index contributed by atoms with van der Waals surface area (Å²) in [6.45, 7) is 6.19. The van der Waals surface area contributed by atoms with Crippen molar-refractivity contribution in [2.45, 2.75) is 46.5 Å². The summed E-state index contributed by atoms with van der Waals surface area (Å²) in [5.74, 6) is -0.107. The van der Waals surface area contributed by atoms with Gasteiger partial charge in [-0.1, -0.05) is 25.3 Å². The number of rotatable bonds is 5. The first-order chi connectivity index (χ1) is 8.10. The average Bonchev–Trinajstić information content (AvgIpc) is 2.25. The van der Waals surface area contributed by atoms with Crippen molar-refractivity contribution < 1.29 is 14.3 Å². The number of allylic oxidation sites excluding steroid dienone is 1. The molecule has 0 unspecified atom stereocenters. The molecule has 96 valence electrons. The molecule has 0 aromatic heterocycles. The van der Waals surface area contributed by atoms with Crippen LogP contribution in [0.25, 0.3) is 0 Å². The maximum absolute atomic E-state index is 11.9. The molecule has 0 aromatic rings. The molecule has 2 atom stereocenters. The van der Waals surface area contributed by atoms with E-state index in [-0.39, 0.29) is 23.6 Å². The summed E-state index contributed by atoms with van der Waals surface area (Å²) in [7, 11) is 0. The molecule has 3 heteroatoms. The lowest BCUT2D eigenvalue weighted by Gasteiger charge is -2.28. The molecule has 3 nitrogen and oxygen atoms in total. The van der Waals surface area contributed by atoms with Crippen molar-refractivity contribution in [3.05, 3.63) is 11.6 Å². The first-order valence-corrected chi connectivity index (χ1v) is 6.47. The molecule has 17 heavy (non-hydrogen) atoms. The Bertz CT molecular complexity index is 317. The highest BCUT2D eigenvalue weighted by Crippen LogP contribution is 2.33. The molecule has 1 aliphatic rings. The maximum Gasteiger partial charge on any atom is 0.313 e. The third-order valence-corrected chi connectivity index (χ3v) is 3.28. The van der Waals surface area contributed by atoms with E-state index in [1.165, 1.54) is 0 Å². The van der Waals surface area contributed by atoms with Crippen LogP contribution in [0.4, 0.5) is 0 Å². The van der Waals surface area contributed by atoms with E-state index in [1.807, 2.05) is 13.8 Å². The third-order valence-electron chi connectivity index (χ3n) is 3.28. The van der Waals surface area contributed by atoms with Gasteiger partial charge in [0.05, 0.1) is 12.5 Å². The minimum absolute atomic E-state index is 0.131. The van der Waals surface area contributed by atoms with E-state index >= 15 is 0 Å². The molecule has 0 fully saturated rings. The zero-order valence-corrected chi connectivity index (χ0v) is 11.0. The summed E-state index contributed by atoms with van der Waals surface area (Å²) in [5, 5.41) is 0. The first-order valence-electron chi connectivity index (χ1n) is 6.47. The second-order valence-electron chi connectivity index (χ2n) is 4.69. The van der Waals surface area contributed by atoms with E-state index in [9.17, 15) is 9.59 Å². The Kier molecular flexibility index (Phi) is 5.39. The van der Waals surface area contributed by atoms with Gasteiger partial charge in [-0.3, -0.25) is 9.59 Å². The Labute approximate surface area is 103 Å². The van der Waals surface area contributed by atoms with E-state index in [2.05, 4.69) is 6.92 Å². The van der Waals surface area contributed by atoms with Crippen LogP contribution >= 0.6 is 0 Å². The van der Waals surface area contributed by atoms with Crippen LogP contribution in [0.1, 0.15) is 46.5 Å². The highest BCUT2D eigenvalue weighted by atomic mass is 16.5. The molecule has 0 saturated carbocycles. The lowest BCUT2D eigenvalue weighted by atomic mass is 9.76. The number of unbranched alkanes of at least 4 members (excludes halogenated alkanes) is 1. The van der Waals surface area contributed by atoms with Crippen molar-refractivity contribution in [1.29, 1.82) is 0 Å². The van der Waals surface area contributed by atoms with Gasteiger partial charge in [-0.05, 0) is 32.3 Å². The lowest BCUT2D eigenvalue weighted by Crippen LogP contribution is -2.32. The van der Waals surface area contributed by atoms with Crippen molar-refractivity contribution in [3.63, 3.8) is 0 Å². The first kappa shape index (κ1) is 13.9. The predicted molar refractivity (Wildman–Crippen MR) is 66.5 cm³/mol. The number of esters is 1. The molecule has 0 saturated heterocycles. The van der Waals surface area contributed by atoms with Gasteiger partial charge in [-0.2, -0.15) is 0 Å². The Balaban J connectivity index is 2.81. The highest BCUT2D eigenvalue weighted by Gasteiger charge is 2.34. The summed E-state index contributed by atoms with van der Waals surface area (Å²) >= 11 is 0. The van der Waals surface area contributed by atoms with Gasteiger partial charge < -0.3 is 4.74 Å². The minimum atomic E-state index is -0.209. The molecule has 0 bridgehead atoms. The molecule has 1 aliphatic carbocycles. The number of carbonyl (C=O) groups excluding carboxylic acids is 2. The maximum atomic E-state index is 11.9. The van der Waals surface area contributed by atoms with E-state index in [1.54, 1.807) is 6.08 Å². The van der Waals surface area contributed by atoms with E-state index in [4.69, 9.17) is 4.74 Å². The van der Waals surface area contributed by atoms with Gasteiger partial charge >= 0.3 is 5.97 Å². The Morgan fingerprint density at radius 1 is 1.47 bits per heavy atom. The van der Waals surface area contributed by atoms with Gasteiger partial charge in [0, 0.05) is 6.42 Å². The van der Waals surface area contributed by atoms with Crippen molar-refractivity contribution >= 4 is 11.8 Å². The summed E-state index contributed by atoms with van der Waals surface area (Å²) in [4.78, 5) is 23.5. The van der Waals surface area contributed by atoms with E-state index < -0.39 is 0 Å². The smallest absolute Gasteiger partial charge is 0.313 e. The third kappa shape index (κ3) is 3.69. The van der Waals surface area contributed by atoms with E-state index in [0.29, 0.717) is 13.0 Å². The SMILES string of the molecule is CCCC[C@@H]1CC(=O)C=C(C)[C@H]1C(=O)OCC. The largest absolute Gasteiger partial charge is 0.466 e. The summed E-state index contributed by atoms with van der Waals surface area (Å²) in [5.41, 5.74) is 0.862. The van der Waals surface area contributed by atoms with Gasteiger partial charge in [-0.15, -0.1) is 0 Å². The number of carbonyl (C=O) groups is 2. The van der Waals surface area contributed by atoms with Gasteiger partial charge in [0.25, 0.3) is 0 Å². The molecule has 0 radical (unpaired) electrons. The quantitative estimate of drug-likeness (QED) is 0.692. The predicted octanol–water partition coefficient (Wildman–Crippen LogP) is 2.89. The Morgan fingerprint density at radius 3 is 2.76 bits per heavy atom. The van der Waals surface area contributed by atoms with Crippen LogP contribution in [-0.2, 0) is 14.3 Å². The molecule has 0 spiro atoms. The fourth-order valence-corrected chi connectivity index (χ4v) is 2.50. The number of ether oxygens (including phenoxy) is 1. The molecule has 1 rings (SSSR count). The highest BCUT2D eigenvalue weighted by molar-refractivity contribution is 5.94. The minimum Gasteiger partial charge on any atom is -0.466 e. The van der Waals surface area contributed by atoms with Gasteiger partial charge in [0.1, 0.15) is 0 Å². The van der Waals surface area contributed by atoms with Crippen LogP contribution in [0.5, 0.6) is 0 Å². The standard InChI is InChI=1S/C14H22O3/c1-4-6-7-11-9-12(15)8-10(3)13(11)14(16)17-5-2/h8,11,13H,4-7,9H2,1-3H3/t11-,13-/m1/s1.